The summed E-state index contributed by atoms with van der Waals surface area (Å²) in [5, 5.41) is 14.2. The summed E-state index contributed by atoms with van der Waals surface area (Å²) < 4.78 is 0. The SMILES string of the molecule is CC(C)CC(C)Nc1ccc([N+](=O)[O-])cc1Cl. The number of non-ortho nitro benzene ring substituents is 1. The zero-order valence-corrected chi connectivity index (χ0v) is 11.0. The van der Waals surface area contributed by atoms with Crippen molar-refractivity contribution < 1.29 is 4.92 Å². The van der Waals surface area contributed by atoms with Crippen LogP contribution in [-0.2, 0) is 0 Å². The Labute approximate surface area is 106 Å². The molecule has 1 N–H and O–H groups in total. The van der Waals surface area contributed by atoms with Gasteiger partial charge in [0.25, 0.3) is 5.69 Å². The van der Waals surface area contributed by atoms with E-state index in [0.29, 0.717) is 10.9 Å². The molecule has 0 aliphatic carbocycles. The minimum Gasteiger partial charge on any atom is -0.381 e. The van der Waals surface area contributed by atoms with Crippen molar-refractivity contribution in [1.82, 2.24) is 0 Å². The average Bonchev–Trinajstić information content (AvgIpc) is 2.19. The van der Waals surface area contributed by atoms with E-state index in [2.05, 4.69) is 26.1 Å². The normalized spacial score (nSPS) is 12.5. The fourth-order valence-corrected chi connectivity index (χ4v) is 2.00. The van der Waals surface area contributed by atoms with Crippen LogP contribution >= 0.6 is 11.6 Å². The summed E-state index contributed by atoms with van der Waals surface area (Å²) in [4.78, 5) is 10.1. The summed E-state index contributed by atoms with van der Waals surface area (Å²) in [6.45, 7) is 6.36. The Morgan fingerprint density at radius 1 is 1.41 bits per heavy atom. The van der Waals surface area contributed by atoms with E-state index in [-0.39, 0.29) is 11.7 Å². The van der Waals surface area contributed by atoms with Crippen molar-refractivity contribution >= 4 is 23.0 Å². The van der Waals surface area contributed by atoms with E-state index in [9.17, 15) is 10.1 Å². The highest BCUT2D eigenvalue weighted by molar-refractivity contribution is 6.33. The molecular formula is C12H17ClN2O2. The molecule has 0 saturated carbocycles. The number of nitro groups is 1. The van der Waals surface area contributed by atoms with Gasteiger partial charge in [-0.2, -0.15) is 0 Å². The van der Waals surface area contributed by atoms with Crippen molar-refractivity contribution in [2.24, 2.45) is 5.92 Å². The van der Waals surface area contributed by atoms with Gasteiger partial charge in [-0.05, 0) is 25.3 Å². The first-order valence-electron chi connectivity index (χ1n) is 5.60. The number of nitrogens with one attached hydrogen (secondary N) is 1. The Hall–Kier alpha value is -1.29. The Morgan fingerprint density at radius 2 is 2.06 bits per heavy atom. The van der Waals surface area contributed by atoms with Crippen LogP contribution < -0.4 is 5.32 Å². The van der Waals surface area contributed by atoms with Gasteiger partial charge in [-0.25, -0.2) is 0 Å². The van der Waals surface area contributed by atoms with Crippen molar-refractivity contribution in [1.29, 1.82) is 0 Å². The van der Waals surface area contributed by atoms with E-state index >= 15 is 0 Å². The molecule has 1 aromatic rings. The van der Waals surface area contributed by atoms with Gasteiger partial charge in [0.05, 0.1) is 15.6 Å². The fourth-order valence-electron chi connectivity index (χ4n) is 1.77. The Bertz CT molecular complexity index is 407. The predicted molar refractivity (Wildman–Crippen MR) is 70.6 cm³/mol. The van der Waals surface area contributed by atoms with Gasteiger partial charge >= 0.3 is 0 Å². The Morgan fingerprint density at radius 3 is 2.53 bits per heavy atom. The molecule has 0 fully saturated rings. The maximum Gasteiger partial charge on any atom is 0.271 e. The van der Waals surface area contributed by atoms with E-state index in [1.165, 1.54) is 12.1 Å². The van der Waals surface area contributed by atoms with Crippen LogP contribution in [-0.4, -0.2) is 11.0 Å². The van der Waals surface area contributed by atoms with Crippen LogP contribution in [0.4, 0.5) is 11.4 Å². The number of rotatable bonds is 5. The summed E-state index contributed by atoms with van der Waals surface area (Å²) in [5.74, 6) is 0.592. The number of hydrogen-bond acceptors (Lipinski definition) is 3. The maximum atomic E-state index is 10.6. The third-order valence-corrected chi connectivity index (χ3v) is 2.70. The molecule has 1 atom stereocenters. The third-order valence-electron chi connectivity index (χ3n) is 2.39. The fraction of sp³-hybridized carbons (Fsp3) is 0.500. The van der Waals surface area contributed by atoms with Crippen LogP contribution in [0.2, 0.25) is 5.02 Å². The Kier molecular flexibility index (Phi) is 4.75. The number of nitrogens with zero attached hydrogens (tertiary/aromatic N) is 1. The van der Waals surface area contributed by atoms with Crippen molar-refractivity contribution in [3.63, 3.8) is 0 Å². The summed E-state index contributed by atoms with van der Waals surface area (Å²) in [7, 11) is 0. The second kappa shape index (κ2) is 5.87. The second-order valence-electron chi connectivity index (χ2n) is 4.60. The number of anilines is 1. The summed E-state index contributed by atoms with van der Waals surface area (Å²) in [6.07, 6.45) is 1.02. The maximum absolute atomic E-state index is 10.6. The summed E-state index contributed by atoms with van der Waals surface area (Å²) >= 11 is 5.99. The molecule has 4 nitrogen and oxygen atoms in total. The monoisotopic (exact) mass is 256 g/mol. The molecule has 1 rings (SSSR count). The molecule has 94 valence electrons. The smallest absolute Gasteiger partial charge is 0.271 e. The molecule has 5 heteroatoms. The van der Waals surface area contributed by atoms with Crippen LogP contribution in [0.1, 0.15) is 27.2 Å². The molecule has 0 saturated heterocycles. The van der Waals surface area contributed by atoms with E-state index in [1.54, 1.807) is 6.07 Å². The lowest BCUT2D eigenvalue weighted by molar-refractivity contribution is -0.384. The number of benzene rings is 1. The van der Waals surface area contributed by atoms with Crippen LogP contribution in [0.5, 0.6) is 0 Å². The lowest BCUT2D eigenvalue weighted by Crippen LogP contribution is -2.17. The van der Waals surface area contributed by atoms with Crippen molar-refractivity contribution in [2.45, 2.75) is 33.2 Å². The van der Waals surface area contributed by atoms with Crippen LogP contribution in [0.25, 0.3) is 0 Å². The first-order chi connectivity index (χ1) is 7.90. The molecule has 1 aromatic carbocycles. The van der Waals surface area contributed by atoms with E-state index in [0.717, 1.165) is 12.1 Å². The molecule has 0 radical (unpaired) electrons. The first kappa shape index (κ1) is 13.8. The molecule has 0 aromatic heterocycles. The lowest BCUT2D eigenvalue weighted by Gasteiger charge is -2.17. The molecular weight excluding hydrogens is 240 g/mol. The standard InChI is InChI=1S/C12H17ClN2O2/c1-8(2)6-9(3)14-12-5-4-10(15(16)17)7-11(12)13/h4-5,7-9,14H,6H2,1-3H3. The molecule has 0 bridgehead atoms. The minimum atomic E-state index is -0.451. The predicted octanol–water partition coefficient (Wildman–Crippen LogP) is 4.09. The van der Waals surface area contributed by atoms with Crippen molar-refractivity contribution in [3.8, 4) is 0 Å². The molecule has 0 amide bonds. The van der Waals surface area contributed by atoms with E-state index in [1.807, 2.05) is 0 Å². The topological polar surface area (TPSA) is 55.2 Å². The number of halogens is 1. The first-order valence-corrected chi connectivity index (χ1v) is 5.98. The number of nitro benzene ring substituents is 1. The van der Waals surface area contributed by atoms with E-state index < -0.39 is 4.92 Å². The zero-order valence-electron chi connectivity index (χ0n) is 10.2. The highest BCUT2D eigenvalue weighted by Gasteiger charge is 2.11. The summed E-state index contributed by atoms with van der Waals surface area (Å²) in [6, 6.07) is 4.76. The van der Waals surface area contributed by atoms with Gasteiger partial charge in [0.2, 0.25) is 0 Å². The average molecular weight is 257 g/mol. The van der Waals surface area contributed by atoms with Gasteiger partial charge in [0.15, 0.2) is 0 Å². The van der Waals surface area contributed by atoms with Gasteiger partial charge < -0.3 is 5.32 Å². The largest absolute Gasteiger partial charge is 0.381 e. The third kappa shape index (κ3) is 4.23. The molecule has 0 aliphatic heterocycles. The molecule has 17 heavy (non-hydrogen) atoms. The van der Waals surface area contributed by atoms with Crippen molar-refractivity contribution in [2.75, 3.05) is 5.32 Å². The quantitative estimate of drug-likeness (QED) is 0.638. The second-order valence-corrected chi connectivity index (χ2v) is 5.00. The molecule has 1 unspecified atom stereocenters. The molecule has 0 heterocycles. The van der Waals surface area contributed by atoms with Gasteiger partial charge in [0.1, 0.15) is 0 Å². The Balaban J connectivity index is 2.75. The highest BCUT2D eigenvalue weighted by Crippen LogP contribution is 2.27. The van der Waals surface area contributed by atoms with E-state index in [4.69, 9.17) is 11.6 Å². The molecule has 0 aliphatic rings. The van der Waals surface area contributed by atoms with Crippen LogP contribution in [0, 0.1) is 16.0 Å². The molecule has 0 spiro atoms. The highest BCUT2D eigenvalue weighted by atomic mass is 35.5. The van der Waals surface area contributed by atoms with Crippen LogP contribution in [0.3, 0.4) is 0 Å². The minimum absolute atomic E-state index is 0.0112. The van der Waals surface area contributed by atoms with Crippen molar-refractivity contribution in [3.05, 3.63) is 33.3 Å². The number of hydrogen-bond donors (Lipinski definition) is 1. The lowest BCUT2D eigenvalue weighted by atomic mass is 10.1. The zero-order chi connectivity index (χ0) is 13.0. The summed E-state index contributed by atoms with van der Waals surface area (Å²) in [5.41, 5.74) is 0.752. The van der Waals surface area contributed by atoms with Gasteiger partial charge in [-0.1, -0.05) is 25.4 Å². The van der Waals surface area contributed by atoms with Gasteiger partial charge in [0, 0.05) is 18.2 Å². The van der Waals surface area contributed by atoms with Gasteiger partial charge in [-0.3, -0.25) is 10.1 Å². The van der Waals surface area contributed by atoms with Crippen LogP contribution in [0.15, 0.2) is 18.2 Å². The van der Waals surface area contributed by atoms with Gasteiger partial charge in [-0.15, -0.1) is 0 Å².